The molecule has 1 aromatic carbocycles. The van der Waals surface area contributed by atoms with Crippen molar-refractivity contribution >= 4 is 17.5 Å². The third-order valence-electron chi connectivity index (χ3n) is 1.45. The van der Waals surface area contributed by atoms with E-state index in [0.29, 0.717) is 10.6 Å². The van der Waals surface area contributed by atoms with Crippen LogP contribution in [0.3, 0.4) is 0 Å². The van der Waals surface area contributed by atoms with Crippen LogP contribution in [0.1, 0.15) is 5.56 Å². The lowest BCUT2D eigenvalue weighted by Crippen LogP contribution is -2.13. The second-order valence-electron chi connectivity index (χ2n) is 2.38. The second-order valence-corrected chi connectivity index (χ2v) is 2.79. The number of aromatic hydroxyl groups is 1. The Balaban J connectivity index is 3.04. The van der Waals surface area contributed by atoms with Crippen molar-refractivity contribution in [2.24, 2.45) is 5.73 Å². The number of hydrogen-bond donors (Lipinski definition) is 2. The van der Waals surface area contributed by atoms with Crippen molar-refractivity contribution in [1.29, 1.82) is 0 Å². The van der Waals surface area contributed by atoms with Crippen molar-refractivity contribution in [3.8, 4) is 5.75 Å². The summed E-state index contributed by atoms with van der Waals surface area (Å²) >= 11 is 5.71. The van der Waals surface area contributed by atoms with E-state index in [2.05, 4.69) is 0 Å². The van der Waals surface area contributed by atoms with E-state index in [4.69, 9.17) is 17.3 Å². The fraction of sp³-hybridized carbons (Fsp3) is 0.125. The molecule has 3 N–H and O–H groups in total. The second kappa shape index (κ2) is 3.45. The lowest BCUT2D eigenvalue weighted by atomic mass is 10.1. The fourth-order valence-electron chi connectivity index (χ4n) is 0.897. The van der Waals surface area contributed by atoms with Gasteiger partial charge in [0.05, 0.1) is 6.42 Å². The first-order valence-corrected chi connectivity index (χ1v) is 3.73. The number of carbonyl (C=O) groups excluding carboxylic acids is 1. The predicted octanol–water partition coefficient (Wildman–Crippen LogP) is 1.07. The standard InChI is InChI=1S/C8H8ClNO2/c9-6-2-1-3-7(11)5(6)4-8(10)12/h1-3,11H,4H2,(H2,10,12). The van der Waals surface area contributed by atoms with Gasteiger partial charge in [0.2, 0.25) is 5.91 Å². The lowest BCUT2D eigenvalue weighted by molar-refractivity contribution is -0.117. The first-order chi connectivity index (χ1) is 5.61. The average Bonchev–Trinajstić information content (AvgIpc) is 1.97. The fourth-order valence-corrected chi connectivity index (χ4v) is 1.13. The van der Waals surface area contributed by atoms with E-state index in [1.54, 1.807) is 12.1 Å². The molecule has 0 radical (unpaired) electrons. The van der Waals surface area contributed by atoms with Crippen LogP contribution in [0, 0.1) is 0 Å². The summed E-state index contributed by atoms with van der Waals surface area (Å²) in [4.78, 5) is 10.5. The minimum absolute atomic E-state index is 0.00120. The quantitative estimate of drug-likeness (QED) is 0.724. The number of primary amides is 1. The summed E-state index contributed by atoms with van der Waals surface area (Å²) in [6.07, 6.45) is -0.0362. The number of phenolic OH excluding ortho intramolecular Hbond substituents is 1. The van der Waals surface area contributed by atoms with Crippen LogP contribution >= 0.6 is 11.6 Å². The maximum absolute atomic E-state index is 10.5. The summed E-state index contributed by atoms with van der Waals surface area (Å²) in [6, 6.07) is 4.66. The highest BCUT2D eigenvalue weighted by Crippen LogP contribution is 2.25. The van der Waals surface area contributed by atoms with Gasteiger partial charge in [-0.2, -0.15) is 0 Å². The van der Waals surface area contributed by atoms with Crippen LogP contribution in [0.15, 0.2) is 18.2 Å². The van der Waals surface area contributed by atoms with Gasteiger partial charge in [-0.25, -0.2) is 0 Å². The number of halogens is 1. The van der Waals surface area contributed by atoms with E-state index >= 15 is 0 Å². The molecule has 0 heterocycles. The molecule has 4 heteroatoms. The van der Waals surface area contributed by atoms with Crippen LogP contribution in [0.2, 0.25) is 5.02 Å². The summed E-state index contributed by atoms with van der Waals surface area (Å²) in [5.41, 5.74) is 5.33. The molecule has 0 aliphatic rings. The zero-order chi connectivity index (χ0) is 9.14. The minimum Gasteiger partial charge on any atom is -0.508 e. The molecule has 0 aromatic heterocycles. The molecule has 1 rings (SSSR count). The zero-order valence-electron chi connectivity index (χ0n) is 6.25. The molecule has 0 atom stereocenters. The lowest BCUT2D eigenvalue weighted by Gasteiger charge is -2.03. The summed E-state index contributed by atoms with van der Waals surface area (Å²) in [7, 11) is 0. The molecular weight excluding hydrogens is 178 g/mol. The average molecular weight is 186 g/mol. The number of benzene rings is 1. The van der Waals surface area contributed by atoms with Crippen molar-refractivity contribution < 1.29 is 9.90 Å². The first-order valence-electron chi connectivity index (χ1n) is 3.36. The summed E-state index contributed by atoms with van der Waals surface area (Å²) in [5.74, 6) is -0.514. The maximum Gasteiger partial charge on any atom is 0.222 e. The Morgan fingerprint density at radius 3 is 2.75 bits per heavy atom. The Hall–Kier alpha value is -1.22. The van der Waals surface area contributed by atoms with Gasteiger partial charge in [0.15, 0.2) is 0 Å². The maximum atomic E-state index is 10.5. The molecule has 0 saturated carbocycles. The Morgan fingerprint density at radius 1 is 1.58 bits per heavy atom. The molecule has 1 aromatic rings. The predicted molar refractivity (Wildman–Crippen MR) is 46.0 cm³/mol. The first kappa shape index (κ1) is 8.87. The zero-order valence-corrected chi connectivity index (χ0v) is 7.01. The molecule has 1 amide bonds. The van der Waals surface area contributed by atoms with Crippen LogP contribution in [-0.4, -0.2) is 11.0 Å². The van der Waals surface area contributed by atoms with Crippen molar-refractivity contribution in [3.63, 3.8) is 0 Å². The summed E-state index contributed by atoms with van der Waals surface area (Å²) in [5, 5.41) is 9.60. The van der Waals surface area contributed by atoms with Crippen molar-refractivity contribution in [1.82, 2.24) is 0 Å². The van der Waals surface area contributed by atoms with Gasteiger partial charge in [-0.05, 0) is 12.1 Å². The molecule has 0 saturated heterocycles. The SMILES string of the molecule is NC(=O)Cc1c(O)cccc1Cl. The number of amides is 1. The summed E-state index contributed by atoms with van der Waals surface area (Å²) in [6.45, 7) is 0. The molecule has 0 aliphatic heterocycles. The molecule has 0 unspecified atom stereocenters. The number of phenols is 1. The number of carbonyl (C=O) groups is 1. The highest BCUT2D eigenvalue weighted by molar-refractivity contribution is 6.31. The molecule has 0 aliphatic carbocycles. The van der Waals surface area contributed by atoms with Crippen molar-refractivity contribution in [3.05, 3.63) is 28.8 Å². The largest absolute Gasteiger partial charge is 0.508 e. The molecular formula is C8H8ClNO2. The van der Waals surface area contributed by atoms with Gasteiger partial charge in [-0.3, -0.25) is 4.79 Å². The molecule has 0 fully saturated rings. The Kier molecular flexibility index (Phi) is 2.55. The minimum atomic E-state index is -0.515. The molecule has 64 valence electrons. The van der Waals surface area contributed by atoms with E-state index in [1.165, 1.54) is 6.07 Å². The highest BCUT2D eigenvalue weighted by atomic mass is 35.5. The molecule has 0 bridgehead atoms. The number of hydrogen-bond acceptors (Lipinski definition) is 2. The van der Waals surface area contributed by atoms with E-state index in [0.717, 1.165) is 0 Å². The van der Waals surface area contributed by atoms with Gasteiger partial charge in [-0.1, -0.05) is 17.7 Å². The third-order valence-corrected chi connectivity index (χ3v) is 1.80. The van der Waals surface area contributed by atoms with Gasteiger partial charge in [-0.15, -0.1) is 0 Å². The van der Waals surface area contributed by atoms with Gasteiger partial charge in [0, 0.05) is 10.6 Å². The van der Waals surface area contributed by atoms with Gasteiger partial charge >= 0.3 is 0 Å². The smallest absolute Gasteiger partial charge is 0.222 e. The van der Waals surface area contributed by atoms with Crippen molar-refractivity contribution in [2.45, 2.75) is 6.42 Å². The van der Waals surface area contributed by atoms with Crippen LogP contribution in [0.4, 0.5) is 0 Å². The van der Waals surface area contributed by atoms with E-state index in [9.17, 15) is 9.90 Å². The Bertz CT molecular complexity index is 292. The molecule has 0 spiro atoms. The topological polar surface area (TPSA) is 63.3 Å². The van der Waals surface area contributed by atoms with Gasteiger partial charge < -0.3 is 10.8 Å². The molecule has 3 nitrogen and oxygen atoms in total. The monoisotopic (exact) mass is 185 g/mol. The van der Waals surface area contributed by atoms with Gasteiger partial charge in [0.25, 0.3) is 0 Å². The van der Waals surface area contributed by atoms with Crippen LogP contribution in [-0.2, 0) is 11.2 Å². The number of rotatable bonds is 2. The van der Waals surface area contributed by atoms with Crippen molar-refractivity contribution in [2.75, 3.05) is 0 Å². The normalized spacial score (nSPS) is 9.75. The van der Waals surface area contributed by atoms with Crippen LogP contribution in [0.25, 0.3) is 0 Å². The Labute approximate surface area is 74.8 Å². The van der Waals surface area contributed by atoms with E-state index < -0.39 is 5.91 Å². The highest BCUT2D eigenvalue weighted by Gasteiger charge is 2.07. The van der Waals surface area contributed by atoms with Gasteiger partial charge in [0.1, 0.15) is 5.75 Å². The van der Waals surface area contributed by atoms with E-state index in [1.807, 2.05) is 0 Å². The van der Waals surface area contributed by atoms with Crippen LogP contribution < -0.4 is 5.73 Å². The Morgan fingerprint density at radius 2 is 2.25 bits per heavy atom. The third kappa shape index (κ3) is 1.89. The number of nitrogens with two attached hydrogens (primary N) is 1. The van der Waals surface area contributed by atoms with Crippen LogP contribution in [0.5, 0.6) is 5.75 Å². The molecule has 12 heavy (non-hydrogen) atoms. The summed E-state index contributed by atoms with van der Waals surface area (Å²) < 4.78 is 0. The van der Waals surface area contributed by atoms with E-state index in [-0.39, 0.29) is 12.2 Å².